The van der Waals surface area contributed by atoms with Crippen molar-refractivity contribution >= 4 is 21.9 Å². The van der Waals surface area contributed by atoms with E-state index in [1.54, 1.807) is 30.7 Å². The highest BCUT2D eigenvalue weighted by atomic mass is 19.3. The SMILES string of the molecule is CCOc1ccc2cc(-c3ccc4nn(CC(C)(C)O)cc4c3)c(=O)n(-c3ccc(OC(F)F)cc3)c2n1. The molecular formula is C28H26F2N4O4. The third kappa shape index (κ3) is 5.21. The van der Waals surface area contributed by atoms with Gasteiger partial charge in [0, 0.05) is 28.6 Å². The Hall–Kier alpha value is -4.31. The Morgan fingerprint density at radius 2 is 1.79 bits per heavy atom. The molecule has 8 nitrogen and oxygen atoms in total. The molecular weight excluding hydrogens is 494 g/mol. The van der Waals surface area contributed by atoms with Gasteiger partial charge in [0.05, 0.1) is 30.0 Å². The lowest BCUT2D eigenvalue weighted by Crippen LogP contribution is -2.26. The van der Waals surface area contributed by atoms with Crippen molar-refractivity contribution in [2.75, 3.05) is 6.61 Å². The number of benzene rings is 2. The molecule has 0 bridgehead atoms. The Morgan fingerprint density at radius 1 is 1.03 bits per heavy atom. The number of hydrogen-bond donors (Lipinski definition) is 1. The van der Waals surface area contributed by atoms with E-state index in [-0.39, 0.29) is 11.3 Å². The zero-order valence-corrected chi connectivity index (χ0v) is 21.1. The van der Waals surface area contributed by atoms with E-state index in [2.05, 4.69) is 14.8 Å². The summed E-state index contributed by atoms with van der Waals surface area (Å²) in [6.45, 7) is 3.02. The summed E-state index contributed by atoms with van der Waals surface area (Å²) in [5, 5.41) is 16.2. The summed E-state index contributed by atoms with van der Waals surface area (Å²) in [7, 11) is 0. The average molecular weight is 521 g/mol. The van der Waals surface area contributed by atoms with Gasteiger partial charge in [0.25, 0.3) is 5.56 Å². The Bertz CT molecular complexity index is 1670. The molecule has 0 fully saturated rings. The third-order valence-corrected chi connectivity index (χ3v) is 5.85. The molecule has 3 heterocycles. The number of aromatic nitrogens is 4. The molecule has 0 aliphatic carbocycles. The minimum atomic E-state index is -2.95. The number of halogens is 2. The van der Waals surface area contributed by atoms with Crippen molar-refractivity contribution < 1.29 is 23.4 Å². The van der Waals surface area contributed by atoms with E-state index < -0.39 is 12.2 Å². The molecule has 0 atom stereocenters. The number of nitrogens with zero attached hydrogens (tertiary/aromatic N) is 4. The van der Waals surface area contributed by atoms with Gasteiger partial charge >= 0.3 is 6.61 Å². The molecule has 1 N–H and O–H groups in total. The fourth-order valence-electron chi connectivity index (χ4n) is 4.34. The fourth-order valence-corrected chi connectivity index (χ4v) is 4.34. The van der Waals surface area contributed by atoms with Crippen LogP contribution in [0.5, 0.6) is 11.6 Å². The lowest BCUT2D eigenvalue weighted by atomic mass is 10.0. The first-order valence-corrected chi connectivity index (χ1v) is 12.1. The maximum atomic E-state index is 13.9. The fraction of sp³-hybridized carbons (Fsp3) is 0.250. The van der Waals surface area contributed by atoms with Crippen LogP contribution < -0.4 is 15.0 Å². The molecule has 196 valence electrons. The van der Waals surface area contributed by atoms with Crippen molar-refractivity contribution in [1.82, 2.24) is 19.3 Å². The van der Waals surface area contributed by atoms with Crippen molar-refractivity contribution in [3.8, 4) is 28.4 Å². The van der Waals surface area contributed by atoms with E-state index in [9.17, 15) is 18.7 Å². The van der Waals surface area contributed by atoms with Crippen LogP contribution in [0.25, 0.3) is 38.8 Å². The second kappa shape index (κ2) is 9.86. The molecule has 0 spiro atoms. The van der Waals surface area contributed by atoms with Gasteiger partial charge in [0.15, 0.2) is 5.65 Å². The molecule has 0 radical (unpaired) electrons. The Labute approximate surface area is 216 Å². The summed E-state index contributed by atoms with van der Waals surface area (Å²) < 4.78 is 38.4. The molecule has 0 amide bonds. The van der Waals surface area contributed by atoms with Crippen molar-refractivity contribution in [2.24, 2.45) is 0 Å². The smallest absolute Gasteiger partial charge is 0.387 e. The maximum absolute atomic E-state index is 13.9. The molecule has 0 saturated carbocycles. The first-order chi connectivity index (χ1) is 18.1. The normalized spacial score (nSPS) is 12.0. The van der Waals surface area contributed by atoms with Gasteiger partial charge in [-0.3, -0.25) is 14.0 Å². The van der Waals surface area contributed by atoms with Crippen LogP contribution in [-0.2, 0) is 6.54 Å². The van der Waals surface area contributed by atoms with Crippen LogP contribution in [0, 0.1) is 0 Å². The number of ether oxygens (including phenoxy) is 2. The highest BCUT2D eigenvalue weighted by Gasteiger charge is 2.18. The molecule has 5 aromatic rings. The average Bonchev–Trinajstić information content (AvgIpc) is 3.24. The molecule has 10 heteroatoms. The molecule has 2 aromatic carbocycles. The van der Waals surface area contributed by atoms with Crippen molar-refractivity contribution in [2.45, 2.75) is 39.5 Å². The van der Waals surface area contributed by atoms with Crippen LogP contribution in [-0.4, -0.2) is 43.3 Å². The molecule has 3 aromatic heterocycles. The van der Waals surface area contributed by atoms with Crippen LogP contribution in [0.2, 0.25) is 0 Å². The van der Waals surface area contributed by atoms with Gasteiger partial charge in [0.2, 0.25) is 5.88 Å². The van der Waals surface area contributed by atoms with Gasteiger partial charge in [-0.25, -0.2) is 0 Å². The Kier molecular flexibility index (Phi) is 6.58. The minimum absolute atomic E-state index is 0.0197. The maximum Gasteiger partial charge on any atom is 0.387 e. The second-order valence-corrected chi connectivity index (χ2v) is 9.48. The van der Waals surface area contributed by atoms with Crippen LogP contribution in [0.4, 0.5) is 8.78 Å². The summed E-state index contributed by atoms with van der Waals surface area (Å²) in [4.78, 5) is 18.5. The summed E-state index contributed by atoms with van der Waals surface area (Å²) >= 11 is 0. The molecule has 0 aliphatic heterocycles. The Morgan fingerprint density at radius 3 is 2.47 bits per heavy atom. The highest BCUT2D eigenvalue weighted by Crippen LogP contribution is 2.28. The zero-order chi connectivity index (χ0) is 27.0. The number of hydrogen-bond acceptors (Lipinski definition) is 6. The zero-order valence-electron chi connectivity index (χ0n) is 21.1. The van der Waals surface area contributed by atoms with Crippen molar-refractivity contribution in [3.05, 3.63) is 77.2 Å². The first kappa shape index (κ1) is 25.3. The monoisotopic (exact) mass is 520 g/mol. The van der Waals surface area contributed by atoms with Gasteiger partial charge in [-0.1, -0.05) is 6.07 Å². The van der Waals surface area contributed by atoms with Gasteiger partial charge in [-0.05, 0) is 74.9 Å². The van der Waals surface area contributed by atoms with Crippen molar-refractivity contribution in [3.63, 3.8) is 0 Å². The van der Waals surface area contributed by atoms with E-state index in [4.69, 9.17) is 4.74 Å². The summed E-state index contributed by atoms with van der Waals surface area (Å²) in [6.07, 6.45) is 1.83. The number of aliphatic hydroxyl groups is 1. The highest BCUT2D eigenvalue weighted by molar-refractivity contribution is 5.88. The molecule has 0 unspecified atom stereocenters. The minimum Gasteiger partial charge on any atom is -0.478 e. The third-order valence-electron chi connectivity index (χ3n) is 5.85. The first-order valence-electron chi connectivity index (χ1n) is 12.1. The Balaban J connectivity index is 1.67. The lowest BCUT2D eigenvalue weighted by molar-refractivity contribution is -0.0498. The molecule has 38 heavy (non-hydrogen) atoms. The van der Waals surface area contributed by atoms with Gasteiger partial charge < -0.3 is 14.6 Å². The standard InChI is InChI=1S/C28H26F2N4O4/c1-4-37-24-12-6-18-14-22(17-5-11-23-19(13-17)15-33(32-23)16-28(2,3)36)26(35)34(25(18)31-24)20-7-9-21(10-8-20)38-27(29)30/h5-15,27,36H,4,16H2,1-3H3. The summed E-state index contributed by atoms with van der Waals surface area (Å²) in [5.74, 6) is 0.341. The van der Waals surface area contributed by atoms with E-state index in [0.717, 1.165) is 10.9 Å². The van der Waals surface area contributed by atoms with Gasteiger partial charge in [-0.15, -0.1) is 0 Å². The summed E-state index contributed by atoms with van der Waals surface area (Å²) in [5.41, 5.74) is 1.36. The van der Waals surface area contributed by atoms with Crippen LogP contribution in [0.3, 0.4) is 0 Å². The van der Waals surface area contributed by atoms with E-state index in [0.29, 0.717) is 46.9 Å². The number of rotatable bonds is 8. The second-order valence-electron chi connectivity index (χ2n) is 9.48. The summed E-state index contributed by atoms with van der Waals surface area (Å²) in [6, 6.07) is 16.6. The number of alkyl halides is 2. The van der Waals surface area contributed by atoms with E-state index in [1.807, 2.05) is 37.4 Å². The van der Waals surface area contributed by atoms with Crippen LogP contribution >= 0.6 is 0 Å². The van der Waals surface area contributed by atoms with Gasteiger partial charge in [-0.2, -0.15) is 18.9 Å². The van der Waals surface area contributed by atoms with Gasteiger partial charge in [0.1, 0.15) is 5.75 Å². The number of pyridine rings is 2. The molecule has 5 rings (SSSR count). The number of fused-ring (bicyclic) bond motifs is 2. The topological polar surface area (TPSA) is 91.4 Å². The quantitative estimate of drug-likeness (QED) is 0.303. The van der Waals surface area contributed by atoms with Crippen molar-refractivity contribution in [1.29, 1.82) is 0 Å². The molecule has 0 aliphatic rings. The molecule has 0 saturated heterocycles. The largest absolute Gasteiger partial charge is 0.478 e. The predicted molar refractivity (Wildman–Crippen MR) is 140 cm³/mol. The lowest BCUT2D eigenvalue weighted by Gasteiger charge is -2.16. The van der Waals surface area contributed by atoms with Crippen LogP contribution in [0.15, 0.2) is 71.7 Å². The van der Waals surface area contributed by atoms with E-state index in [1.165, 1.54) is 28.8 Å². The van der Waals surface area contributed by atoms with E-state index >= 15 is 0 Å². The predicted octanol–water partition coefficient (Wildman–Crippen LogP) is 5.17. The van der Waals surface area contributed by atoms with Crippen LogP contribution in [0.1, 0.15) is 20.8 Å².